The Labute approximate surface area is 156 Å². The maximum atomic E-state index is 12.2. The second kappa shape index (κ2) is 7.41. The molecular formula is C17H19N3O6S. The third kappa shape index (κ3) is 4.29. The summed E-state index contributed by atoms with van der Waals surface area (Å²) in [5.41, 5.74) is 0.746. The van der Waals surface area contributed by atoms with Gasteiger partial charge in [0.25, 0.3) is 5.69 Å². The Morgan fingerprint density at radius 2 is 1.89 bits per heavy atom. The largest absolute Gasteiger partial charge is 0.454 e. The molecule has 0 spiro atoms. The van der Waals surface area contributed by atoms with E-state index in [0.717, 1.165) is 11.6 Å². The molecule has 10 heteroatoms. The van der Waals surface area contributed by atoms with E-state index in [1.807, 2.05) is 6.07 Å². The Bertz CT molecular complexity index is 975. The van der Waals surface area contributed by atoms with Gasteiger partial charge in [0.15, 0.2) is 11.5 Å². The number of nitro benzene ring substituents is 1. The van der Waals surface area contributed by atoms with Crippen molar-refractivity contribution in [2.45, 2.75) is 31.3 Å². The predicted molar refractivity (Wildman–Crippen MR) is 98.4 cm³/mol. The van der Waals surface area contributed by atoms with Crippen molar-refractivity contribution < 1.29 is 22.8 Å². The fourth-order valence-electron chi connectivity index (χ4n) is 2.61. The first-order chi connectivity index (χ1) is 12.8. The van der Waals surface area contributed by atoms with E-state index in [2.05, 4.69) is 10.0 Å². The molecule has 2 aromatic carbocycles. The lowest BCUT2D eigenvalue weighted by molar-refractivity contribution is -0.384. The van der Waals surface area contributed by atoms with Crippen LogP contribution in [0.5, 0.6) is 11.5 Å². The zero-order valence-corrected chi connectivity index (χ0v) is 15.6. The van der Waals surface area contributed by atoms with Crippen molar-refractivity contribution in [1.29, 1.82) is 0 Å². The molecule has 0 bridgehead atoms. The van der Waals surface area contributed by atoms with Crippen LogP contribution >= 0.6 is 0 Å². The van der Waals surface area contributed by atoms with Gasteiger partial charge in [-0.05, 0) is 43.7 Å². The van der Waals surface area contributed by atoms with Gasteiger partial charge in [-0.1, -0.05) is 6.07 Å². The molecule has 9 nitrogen and oxygen atoms in total. The molecule has 2 aromatic rings. The molecular weight excluding hydrogens is 374 g/mol. The van der Waals surface area contributed by atoms with E-state index in [-0.39, 0.29) is 29.1 Å². The van der Waals surface area contributed by atoms with Gasteiger partial charge in [-0.25, -0.2) is 13.1 Å². The molecule has 0 aromatic heterocycles. The van der Waals surface area contributed by atoms with Crippen molar-refractivity contribution in [1.82, 2.24) is 4.72 Å². The number of benzene rings is 2. The number of fused-ring (bicyclic) bond motifs is 1. The van der Waals surface area contributed by atoms with Crippen LogP contribution in [-0.2, 0) is 16.6 Å². The van der Waals surface area contributed by atoms with Gasteiger partial charge in [0, 0.05) is 18.7 Å². The Kier molecular flexibility index (Phi) is 5.19. The first kappa shape index (κ1) is 18.9. The van der Waals surface area contributed by atoms with E-state index in [9.17, 15) is 18.5 Å². The highest BCUT2D eigenvalue weighted by molar-refractivity contribution is 7.89. The number of nitrogens with zero attached hydrogens (tertiary/aromatic N) is 1. The van der Waals surface area contributed by atoms with E-state index in [1.54, 1.807) is 26.0 Å². The van der Waals surface area contributed by atoms with Crippen molar-refractivity contribution in [2.75, 3.05) is 12.1 Å². The quantitative estimate of drug-likeness (QED) is 0.548. The average Bonchev–Trinajstić information content (AvgIpc) is 3.06. The molecule has 0 fully saturated rings. The van der Waals surface area contributed by atoms with Gasteiger partial charge < -0.3 is 14.8 Å². The van der Waals surface area contributed by atoms with Crippen molar-refractivity contribution in [3.8, 4) is 11.5 Å². The van der Waals surface area contributed by atoms with Crippen LogP contribution in [0.4, 0.5) is 11.4 Å². The number of hydrogen-bond donors (Lipinski definition) is 2. The first-order valence-corrected chi connectivity index (χ1v) is 9.68. The number of sulfonamides is 1. The molecule has 144 valence electrons. The minimum absolute atomic E-state index is 0.156. The third-order valence-electron chi connectivity index (χ3n) is 3.79. The highest BCUT2D eigenvalue weighted by atomic mass is 32.2. The summed E-state index contributed by atoms with van der Waals surface area (Å²) in [6.07, 6.45) is 0. The van der Waals surface area contributed by atoms with E-state index in [0.29, 0.717) is 18.0 Å². The van der Waals surface area contributed by atoms with Crippen LogP contribution in [-0.4, -0.2) is 26.2 Å². The maximum Gasteiger partial charge on any atom is 0.293 e. The number of nitro groups is 1. The minimum atomic E-state index is -3.82. The summed E-state index contributed by atoms with van der Waals surface area (Å²) in [6.45, 7) is 3.81. The lowest BCUT2D eigenvalue weighted by Gasteiger charge is -2.12. The summed E-state index contributed by atoms with van der Waals surface area (Å²) < 4.78 is 37.4. The number of nitrogens with one attached hydrogen (secondary N) is 2. The zero-order chi connectivity index (χ0) is 19.6. The minimum Gasteiger partial charge on any atom is -0.454 e. The Morgan fingerprint density at radius 3 is 2.59 bits per heavy atom. The van der Waals surface area contributed by atoms with Crippen LogP contribution in [0, 0.1) is 10.1 Å². The summed E-state index contributed by atoms with van der Waals surface area (Å²) >= 11 is 0. The van der Waals surface area contributed by atoms with Crippen molar-refractivity contribution >= 4 is 21.4 Å². The number of ether oxygens (including phenoxy) is 2. The van der Waals surface area contributed by atoms with Crippen LogP contribution < -0.4 is 19.5 Å². The number of hydrogen-bond acceptors (Lipinski definition) is 7. The smallest absolute Gasteiger partial charge is 0.293 e. The zero-order valence-electron chi connectivity index (χ0n) is 14.8. The fourth-order valence-corrected chi connectivity index (χ4v) is 3.88. The van der Waals surface area contributed by atoms with Gasteiger partial charge in [-0.2, -0.15) is 0 Å². The Morgan fingerprint density at radius 1 is 1.15 bits per heavy atom. The molecule has 0 saturated carbocycles. The normalized spacial score (nSPS) is 13.0. The first-order valence-electron chi connectivity index (χ1n) is 8.19. The van der Waals surface area contributed by atoms with Gasteiger partial charge >= 0.3 is 0 Å². The second-order valence-electron chi connectivity index (χ2n) is 6.25. The van der Waals surface area contributed by atoms with E-state index >= 15 is 0 Å². The molecule has 1 heterocycles. The van der Waals surface area contributed by atoms with Gasteiger partial charge in [0.2, 0.25) is 16.8 Å². The molecule has 0 unspecified atom stereocenters. The lowest BCUT2D eigenvalue weighted by atomic mass is 10.2. The van der Waals surface area contributed by atoms with Crippen molar-refractivity contribution in [3.05, 3.63) is 52.1 Å². The summed E-state index contributed by atoms with van der Waals surface area (Å²) in [4.78, 5) is 10.6. The highest BCUT2D eigenvalue weighted by Gasteiger charge is 2.22. The summed E-state index contributed by atoms with van der Waals surface area (Å²) in [5.74, 6) is 1.27. The van der Waals surface area contributed by atoms with Crippen LogP contribution in [0.25, 0.3) is 0 Å². The molecule has 1 aliphatic heterocycles. The molecule has 0 amide bonds. The maximum absolute atomic E-state index is 12.2. The number of anilines is 1. The lowest BCUT2D eigenvalue weighted by Crippen LogP contribution is -2.30. The Balaban J connectivity index is 1.82. The standard InChI is InChI=1S/C17H19N3O6S/c1-11(2)19-27(23,24)13-4-5-14(15(8-13)20(21)22)18-9-12-3-6-16-17(7-12)26-10-25-16/h3-8,11,18-19H,9-10H2,1-2H3. The Hall–Kier alpha value is -2.85. The van der Waals surface area contributed by atoms with Crippen LogP contribution in [0.3, 0.4) is 0 Å². The van der Waals surface area contributed by atoms with Gasteiger partial charge in [0.05, 0.1) is 9.82 Å². The third-order valence-corrected chi connectivity index (χ3v) is 5.44. The molecule has 27 heavy (non-hydrogen) atoms. The van der Waals surface area contributed by atoms with Gasteiger partial charge in [-0.3, -0.25) is 10.1 Å². The van der Waals surface area contributed by atoms with Crippen LogP contribution in [0.15, 0.2) is 41.3 Å². The molecule has 0 radical (unpaired) electrons. The SMILES string of the molecule is CC(C)NS(=O)(=O)c1ccc(NCc2ccc3c(c2)OCO3)c([N+](=O)[O-])c1. The van der Waals surface area contributed by atoms with E-state index in [4.69, 9.17) is 9.47 Å². The molecule has 0 saturated heterocycles. The monoisotopic (exact) mass is 393 g/mol. The summed E-state index contributed by atoms with van der Waals surface area (Å²) in [5, 5.41) is 14.4. The molecule has 1 aliphatic rings. The fraction of sp³-hybridized carbons (Fsp3) is 0.294. The molecule has 0 atom stereocenters. The van der Waals surface area contributed by atoms with Crippen molar-refractivity contribution in [3.63, 3.8) is 0 Å². The number of rotatable bonds is 7. The van der Waals surface area contributed by atoms with Gasteiger partial charge in [-0.15, -0.1) is 0 Å². The summed E-state index contributed by atoms with van der Waals surface area (Å²) in [7, 11) is -3.82. The van der Waals surface area contributed by atoms with Gasteiger partial charge in [0.1, 0.15) is 5.69 Å². The van der Waals surface area contributed by atoms with Crippen LogP contribution in [0.2, 0.25) is 0 Å². The average molecular weight is 393 g/mol. The molecule has 2 N–H and O–H groups in total. The van der Waals surface area contributed by atoms with Crippen molar-refractivity contribution in [2.24, 2.45) is 0 Å². The topological polar surface area (TPSA) is 120 Å². The molecule has 3 rings (SSSR count). The van der Waals surface area contributed by atoms with Crippen LogP contribution in [0.1, 0.15) is 19.4 Å². The highest BCUT2D eigenvalue weighted by Crippen LogP contribution is 2.33. The second-order valence-corrected chi connectivity index (χ2v) is 7.97. The summed E-state index contributed by atoms with van der Waals surface area (Å²) in [6, 6.07) is 8.82. The predicted octanol–water partition coefficient (Wildman–Crippen LogP) is 2.62. The molecule has 0 aliphatic carbocycles. The van der Waals surface area contributed by atoms with E-state index < -0.39 is 14.9 Å². The van der Waals surface area contributed by atoms with E-state index in [1.165, 1.54) is 12.1 Å².